The van der Waals surface area contributed by atoms with Crippen molar-refractivity contribution in [2.75, 3.05) is 5.32 Å². The van der Waals surface area contributed by atoms with Crippen LogP contribution in [0.1, 0.15) is 15.9 Å². The van der Waals surface area contributed by atoms with E-state index in [1.807, 2.05) is 30.3 Å². The minimum Gasteiger partial charge on any atom is -0.473 e. The highest BCUT2D eigenvalue weighted by atomic mass is 16.5. The van der Waals surface area contributed by atoms with Gasteiger partial charge in [-0.25, -0.2) is 9.97 Å². The van der Waals surface area contributed by atoms with E-state index in [1.54, 1.807) is 65.8 Å². The summed E-state index contributed by atoms with van der Waals surface area (Å²) in [6.07, 6.45) is 7.82. The summed E-state index contributed by atoms with van der Waals surface area (Å²) >= 11 is 0. The lowest BCUT2D eigenvalue weighted by molar-refractivity contribution is 0.102. The molecule has 1 aromatic carbocycles. The summed E-state index contributed by atoms with van der Waals surface area (Å²) < 4.78 is 7.44. The summed E-state index contributed by atoms with van der Waals surface area (Å²) in [5, 5.41) is 3.06. The van der Waals surface area contributed by atoms with Crippen LogP contribution in [0.3, 0.4) is 0 Å². The summed E-state index contributed by atoms with van der Waals surface area (Å²) in [6, 6.07) is 20.0. The molecule has 1 amide bonds. The van der Waals surface area contributed by atoms with Crippen molar-refractivity contribution in [2.45, 2.75) is 6.61 Å². The molecule has 0 saturated heterocycles. The van der Waals surface area contributed by atoms with Gasteiger partial charge in [-0.15, -0.1) is 0 Å². The standard InChI is InChI=1S/C26H19N5O3/c32-24-21-7-4-12-28-25(21)31(16-22(24)26(33)30-19-10-13-27-14-11-19)20-8-9-23(29-15-20)34-17-18-5-2-1-3-6-18/h1-16H,17H2,(H,27,30,33). The summed E-state index contributed by atoms with van der Waals surface area (Å²) in [6.45, 7) is 0.398. The number of carbonyl (C=O) groups is 1. The van der Waals surface area contributed by atoms with E-state index in [-0.39, 0.29) is 5.56 Å². The highest BCUT2D eigenvalue weighted by molar-refractivity contribution is 6.05. The Labute approximate surface area is 194 Å². The second-order valence-corrected chi connectivity index (χ2v) is 7.44. The molecule has 8 nitrogen and oxygen atoms in total. The van der Waals surface area contributed by atoms with E-state index in [2.05, 4.69) is 20.3 Å². The molecule has 0 aliphatic rings. The third-order valence-corrected chi connectivity index (χ3v) is 5.17. The molecule has 1 N–H and O–H groups in total. The number of ether oxygens (including phenoxy) is 1. The zero-order valence-electron chi connectivity index (χ0n) is 18.0. The first kappa shape index (κ1) is 21.0. The molecule has 8 heteroatoms. The minimum absolute atomic E-state index is 0.0123. The van der Waals surface area contributed by atoms with Crippen molar-refractivity contribution < 1.29 is 9.53 Å². The molecular formula is C26H19N5O3. The molecule has 4 heterocycles. The number of carbonyl (C=O) groups excluding carboxylic acids is 1. The van der Waals surface area contributed by atoms with Gasteiger partial charge in [-0.05, 0) is 35.9 Å². The van der Waals surface area contributed by atoms with Gasteiger partial charge in [0, 0.05) is 36.5 Å². The number of hydrogen-bond donors (Lipinski definition) is 1. The lowest BCUT2D eigenvalue weighted by atomic mass is 10.1. The van der Waals surface area contributed by atoms with Gasteiger partial charge in [0.25, 0.3) is 5.91 Å². The Hall–Kier alpha value is -4.85. The molecule has 0 aliphatic heterocycles. The fourth-order valence-corrected chi connectivity index (χ4v) is 3.48. The van der Waals surface area contributed by atoms with Crippen molar-refractivity contribution in [1.82, 2.24) is 19.5 Å². The third kappa shape index (κ3) is 4.37. The largest absolute Gasteiger partial charge is 0.473 e. The van der Waals surface area contributed by atoms with Gasteiger partial charge >= 0.3 is 0 Å². The number of benzene rings is 1. The van der Waals surface area contributed by atoms with Crippen molar-refractivity contribution in [3.05, 3.63) is 119 Å². The van der Waals surface area contributed by atoms with Gasteiger partial charge in [0.1, 0.15) is 17.8 Å². The predicted molar refractivity (Wildman–Crippen MR) is 128 cm³/mol. The second-order valence-electron chi connectivity index (χ2n) is 7.44. The lowest BCUT2D eigenvalue weighted by Gasteiger charge is -2.13. The van der Waals surface area contributed by atoms with Crippen LogP contribution in [-0.4, -0.2) is 25.4 Å². The molecule has 5 rings (SSSR count). The lowest BCUT2D eigenvalue weighted by Crippen LogP contribution is -2.24. The Morgan fingerprint density at radius 3 is 2.50 bits per heavy atom. The maximum Gasteiger partial charge on any atom is 0.261 e. The third-order valence-electron chi connectivity index (χ3n) is 5.17. The van der Waals surface area contributed by atoms with Gasteiger partial charge in [-0.3, -0.25) is 19.1 Å². The number of nitrogens with one attached hydrogen (secondary N) is 1. The summed E-state index contributed by atoms with van der Waals surface area (Å²) in [5.41, 5.74) is 2.22. The Morgan fingerprint density at radius 2 is 1.74 bits per heavy atom. The zero-order chi connectivity index (χ0) is 23.3. The summed E-state index contributed by atoms with van der Waals surface area (Å²) in [5.74, 6) is -0.0620. The van der Waals surface area contributed by atoms with Crippen LogP contribution >= 0.6 is 0 Å². The predicted octanol–water partition coefficient (Wildman–Crippen LogP) is 4.01. The molecular weight excluding hydrogens is 430 g/mol. The molecule has 0 aliphatic carbocycles. The van der Waals surface area contributed by atoms with Crippen LogP contribution in [0.25, 0.3) is 16.7 Å². The molecule has 0 unspecified atom stereocenters. The van der Waals surface area contributed by atoms with Crippen LogP contribution in [0.4, 0.5) is 5.69 Å². The molecule has 0 fully saturated rings. The highest BCUT2D eigenvalue weighted by Gasteiger charge is 2.17. The number of hydrogen-bond acceptors (Lipinski definition) is 6. The van der Waals surface area contributed by atoms with Crippen molar-refractivity contribution in [1.29, 1.82) is 0 Å². The fraction of sp³-hybridized carbons (Fsp3) is 0.0385. The number of fused-ring (bicyclic) bond motifs is 1. The van der Waals surface area contributed by atoms with Gasteiger partial charge in [0.15, 0.2) is 0 Å². The Morgan fingerprint density at radius 1 is 0.912 bits per heavy atom. The van der Waals surface area contributed by atoms with Crippen LogP contribution in [0.5, 0.6) is 5.88 Å². The molecule has 0 spiro atoms. The second kappa shape index (κ2) is 9.33. The number of nitrogens with zero attached hydrogens (tertiary/aromatic N) is 4. The fourth-order valence-electron chi connectivity index (χ4n) is 3.48. The first-order valence-electron chi connectivity index (χ1n) is 10.5. The first-order chi connectivity index (χ1) is 16.7. The van der Waals surface area contributed by atoms with Crippen molar-refractivity contribution in [3.63, 3.8) is 0 Å². The zero-order valence-corrected chi connectivity index (χ0v) is 18.0. The molecule has 0 saturated carbocycles. The van der Waals surface area contributed by atoms with Crippen LogP contribution in [0.2, 0.25) is 0 Å². The van der Waals surface area contributed by atoms with E-state index in [4.69, 9.17) is 4.74 Å². The summed E-state index contributed by atoms with van der Waals surface area (Å²) in [4.78, 5) is 38.7. The van der Waals surface area contributed by atoms with Crippen LogP contribution < -0.4 is 15.5 Å². The number of pyridine rings is 4. The molecule has 4 aromatic heterocycles. The summed E-state index contributed by atoms with van der Waals surface area (Å²) in [7, 11) is 0. The van der Waals surface area contributed by atoms with Crippen LogP contribution in [0.15, 0.2) is 103 Å². The highest BCUT2D eigenvalue weighted by Crippen LogP contribution is 2.18. The Balaban J connectivity index is 1.48. The smallest absolute Gasteiger partial charge is 0.261 e. The average Bonchev–Trinajstić information content (AvgIpc) is 2.89. The van der Waals surface area contributed by atoms with Crippen molar-refractivity contribution in [2.24, 2.45) is 0 Å². The first-order valence-corrected chi connectivity index (χ1v) is 10.5. The molecule has 166 valence electrons. The van der Waals surface area contributed by atoms with E-state index in [9.17, 15) is 9.59 Å². The van der Waals surface area contributed by atoms with E-state index in [0.717, 1.165) is 5.56 Å². The number of anilines is 1. The minimum atomic E-state index is -0.522. The molecule has 0 bridgehead atoms. The quantitative estimate of drug-likeness (QED) is 0.421. The Kier molecular flexibility index (Phi) is 5.77. The normalized spacial score (nSPS) is 10.7. The van der Waals surface area contributed by atoms with Gasteiger partial charge in [-0.2, -0.15) is 0 Å². The number of rotatable bonds is 6. The topological polar surface area (TPSA) is 99.0 Å². The van der Waals surface area contributed by atoms with E-state index in [1.165, 1.54) is 6.20 Å². The Bertz CT molecular complexity index is 1500. The van der Waals surface area contributed by atoms with Crippen molar-refractivity contribution >= 4 is 22.6 Å². The molecule has 0 radical (unpaired) electrons. The van der Waals surface area contributed by atoms with E-state index < -0.39 is 11.3 Å². The van der Waals surface area contributed by atoms with Crippen molar-refractivity contribution in [3.8, 4) is 11.6 Å². The molecule has 5 aromatic rings. The monoisotopic (exact) mass is 449 g/mol. The van der Waals surface area contributed by atoms with Gasteiger partial charge in [-0.1, -0.05) is 30.3 Å². The van der Waals surface area contributed by atoms with Crippen LogP contribution in [-0.2, 0) is 6.61 Å². The van der Waals surface area contributed by atoms with E-state index in [0.29, 0.717) is 34.9 Å². The molecule has 0 atom stereocenters. The van der Waals surface area contributed by atoms with Gasteiger partial charge in [0.05, 0.1) is 17.3 Å². The van der Waals surface area contributed by atoms with Gasteiger partial charge < -0.3 is 10.1 Å². The SMILES string of the molecule is O=C(Nc1ccncc1)c1cn(-c2ccc(OCc3ccccc3)nc2)c2ncccc2c1=O. The average molecular weight is 449 g/mol. The van der Waals surface area contributed by atoms with Crippen LogP contribution in [0, 0.1) is 0 Å². The molecule has 34 heavy (non-hydrogen) atoms. The number of amides is 1. The van der Waals surface area contributed by atoms with Gasteiger partial charge in [0.2, 0.25) is 11.3 Å². The number of aromatic nitrogens is 4. The maximum absolute atomic E-state index is 13.1. The van der Waals surface area contributed by atoms with E-state index >= 15 is 0 Å². The maximum atomic E-state index is 13.1.